The molecule has 7 heteroatoms. The number of benzene rings is 1. The highest BCUT2D eigenvalue weighted by Crippen LogP contribution is 2.32. The Morgan fingerprint density at radius 1 is 1.03 bits per heavy atom. The predicted molar refractivity (Wildman–Crippen MR) is 102 cm³/mol. The molecule has 2 unspecified atom stereocenters. The van der Waals surface area contributed by atoms with E-state index in [0.717, 1.165) is 6.20 Å². The zero-order valence-electron chi connectivity index (χ0n) is 15.3. The number of ether oxygens (including phenoxy) is 1. The third-order valence-electron chi connectivity index (χ3n) is 4.44. The van der Waals surface area contributed by atoms with Gasteiger partial charge in [-0.3, -0.25) is 9.97 Å². The van der Waals surface area contributed by atoms with Crippen LogP contribution in [0.15, 0.2) is 55.0 Å². The highest BCUT2D eigenvalue weighted by molar-refractivity contribution is 5.73. The van der Waals surface area contributed by atoms with Crippen molar-refractivity contribution in [3.05, 3.63) is 83.3 Å². The van der Waals surface area contributed by atoms with Gasteiger partial charge in [0, 0.05) is 34.6 Å². The molecule has 1 aliphatic rings. The number of cyclic esters (lactones) is 1. The molecule has 1 aliphatic heterocycles. The standard InChI is InChI=1S/C22H15F2N3O2/c1-13-20(27-22(28)29-13)19-8-15(6-5-14-7-18(24)12-25-10-14)11-26-21(19)16-3-2-4-17(23)9-16/h2-4,7-13,20H,1H3,(H,27,28). The van der Waals surface area contributed by atoms with Gasteiger partial charge in [0.05, 0.1) is 17.9 Å². The van der Waals surface area contributed by atoms with Gasteiger partial charge in [0.25, 0.3) is 0 Å². The summed E-state index contributed by atoms with van der Waals surface area (Å²) in [7, 11) is 0. The third-order valence-corrected chi connectivity index (χ3v) is 4.44. The summed E-state index contributed by atoms with van der Waals surface area (Å²) in [6.45, 7) is 1.76. The number of halogens is 2. The van der Waals surface area contributed by atoms with E-state index in [2.05, 4.69) is 27.1 Å². The Labute approximate surface area is 165 Å². The van der Waals surface area contributed by atoms with Crippen LogP contribution in [-0.4, -0.2) is 22.2 Å². The zero-order chi connectivity index (χ0) is 20.4. The predicted octanol–water partition coefficient (Wildman–Crippen LogP) is 3.99. The molecule has 1 fully saturated rings. The molecule has 0 aliphatic carbocycles. The van der Waals surface area contributed by atoms with E-state index in [4.69, 9.17) is 4.74 Å². The van der Waals surface area contributed by atoms with Crippen molar-refractivity contribution >= 4 is 6.09 Å². The summed E-state index contributed by atoms with van der Waals surface area (Å²) in [6.07, 6.45) is 3.13. The van der Waals surface area contributed by atoms with Crippen LogP contribution in [0, 0.1) is 23.5 Å². The second kappa shape index (κ2) is 7.68. The number of amides is 1. The van der Waals surface area contributed by atoms with Crippen molar-refractivity contribution in [3.63, 3.8) is 0 Å². The monoisotopic (exact) mass is 391 g/mol. The van der Waals surface area contributed by atoms with Gasteiger partial charge in [-0.2, -0.15) is 0 Å². The molecule has 1 saturated heterocycles. The second-order valence-corrected chi connectivity index (χ2v) is 6.55. The molecular formula is C22H15F2N3O2. The van der Waals surface area contributed by atoms with E-state index in [1.807, 2.05) is 0 Å². The molecule has 29 heavy (non-hydrogen) atoms. The van der Waals surface area contributed by atoms with E-state index in [1.165, 1.54) is 24.4 Å². The third kappa shape index (κ3) is 4.06. The summed E-state index contributed by atoms with van der Waals surface area (Å²) in [5, 5.41) is 2.75. The van der Waals surface area contributed by atoms with Crippen molar-refractivity contribution < 1.29 is 18.3 Å². The Balaban J connectivity index is 1.78. The lowest BCUT2D eigenvalue weighted by atomic mass is 9.96. The van der Waals surface area contributed by atoms with Gasteiger partial charge in [0.1, 0.15) is 17.7 Å². The van der Waals surface area contributed by atoms with Crippen molar-refractivity contribution in [1.82, 2.24) is 15.3 Å². The average molecular weight is 391 g/mol. The van der Waals surface area contributed by atoms with Crippen molar-refractivity contribution in [2.24, 2.45) is 0 Å². The number of carbonyl (C=O) groups excluding carboxylic acids is 1. The minimum absolute atomic E-state index is 0.391. The molecule has 4 rings (SSSR count). The topological polar surface area (TPSA) is 64.1 Å². The van der Waals surface area contributed by atoms with Crippen molar-refractivity contribution in [3.8, 4) is 23.1 Å². The van der Waals surface area contributed by atoms with Crippen LogP contribution in [0.1, 0.15) is 29.7 Å². The largest absolute Gasteiger partial charge is 0.444 e. The maximum atomic E-state index is 13.7. The van der Waals surface area contributed by atoms with E-state index in [0.29, 0.717) is 27.9 Å². The van der Waals surface area contributed by atoms with Crippen LogP contribution in [0.4, 0.5) is 13.6 Å². The Morgan fingerprint density at radius 2 is 1.83 bits per heavy atom. The highest BCUT2D eigenvalue weighted by Gasteiger charge is 2.34. The highest BCUT2D eigenvalue weighted by atomic mass is 19.1. The maximum absolute atomic E-state index is 13.7. The summed E-state index contributed by atoms with van der Waals surface area (Å²) in [6, 6.07) is 8.63. The molecule has 2 atom stereocenters. The first-order valence-corrected chi connectivity index (χ1v) is 8.85. The van der Waals surface area contributed by atoms with Crippen LogP contribution >= 0.6 is 0 Å². The Bertz CT molecular complexity index is 1150. The Hall–Kier alpha value is -3.79. The van der Waals surface area contributed by atoms with Gasteiger partial charge < -0.3 is 10.1 Å². The van der Waals surface area contributed by atoms with E-state index >= 15 is 0 Å². The van der Waals surface area contributed by atoms with Gasteiger partial charge in [0.15, 0.2) is 0 Å². The first kappa shape index (κ1) is 18.6. The molecule has 1 N–H and O–H groups in total. The molecule has 2 aromatic heterocycles. The number of nitrogens with one attached hydrogen (secondary N) is 1. The molecule has 144 valence electrons. The first-order valence-electron chi connectivity index (χ1n) is 8.85. The Kier molecular flexibility index (Phi) is 4.92. The lowest BCUT2D eigenvalue weighted by Gasteiger charge is -2.17. The fourth-order valence-electron chi connectivity index (χ4n) is 3.13. The van der Waals surface area contributed by atoms with Crippen molar-refractivity contribution in [2.75, 3.05) is 0 Å². The fourth-order valence-corrected chi connectivity index (χ4v) is 3.13. The molecule has 0 radical (unpaired) electrons. The van der Waals surface area contributed by atoms with Crippen LogP contribution < -0.4 is 5.32 Å². The second-order valence-electron chi connectivity index (χ2n) is 6.55. The van der Waals surface area contributed by atoms with Crippen LogP contribution in [0.2, 0.25) is 0 Å². The van der Waals surface area contributed by atoms with Gasteiger partial charge in [-0.25, -0.2) is 13.6 Å². The van der Waals surface area contributed by atoms with Crippen molar-refractivity contribution in [2.45, 2.75) is 19.1 Å². The summed E-state index contributed by atoms with van der Waals surface area (Å²) >= 11 is 0. The van der Waals surface area contributed by atoms with Crippen LogP contribution in [0.25, 0.3) is 11.3 Å². The lowest BCUT2D eigenvalue weighted by molar-refractivity contribution is 0.141. The first-order chi connectivity index (χ1) is 14.0. The molecule has 3 aromatic rings. The summed E-state index contributed by atoms with van der Waals surface area (Å²) in [5.74, 6) is 4.89. The number of hydrogen-bond acceptors (Lipinski definition) is 4. The molecular weight excluding hydrogens is 376 g/mol. The Morgan fingerprint density at radius 3 is 2.52 bits per heavy atom. The number of hydrogen-bond donors (Lipinski definition) is 1. The van der Waals surface area contributed by atoms with Gasteiger partial charge >= 0.3 is 6.09 Å². The molecule has 0 bridgehead atoms. The van der Waals surface area contributed by atoms with Gasteiger partial charge in [-0.15, -0.1) is 0 Å². The molecule has 0 spiro atoms. The minimum Gasteiger partial charge on any atom is -0.444 e. The normalized spacial score (nSPS) is 17.8. The lowest BCUT2D eigenvalue weighted by Crippen LogP contribution is -2.22. The van der Waals surface area contributed by atoms with Gasteiger partial charge in [0.2, 0.25) is 0 Å². The van der Waals surface area contributed by atoms with E-state index in [9.17, 15) is 13.6 Å². The quantitative estimate of drug-likeness (QED) is 0.671. The van der Waals surface area contributed by atoms with Gasteiger partial charge in [-0.05, 0) is 31.2 Å². The molecule has 1 amide bonds. The number of pyridine rings is 2. The number of rotatable bonds is 2. The number of nitrogens with zero attached hydrogens (tertiary/aromatic N) is 2. The fraction of sp³-hybridized carbons (Fsp3) is 0.136. The van der Waals surface area contributed by atoms with E-state index in [-0.39, 0.29) is 0 Å². The molecule has 5 nitrogen and oxygen atoms in total. The molecule has 0 saturated carbocycles. The van der Waals surface area contributed by atoms with E-state index in [1.54, 1.807) is 31.3 Å². The summed E-state index contributed by atoms with van der Waals surface area (Å²) < 4.78 is 32.2. The van der Waals surface area contributed by atoms with Crippen LogP contribution in [-0.2, 0) is 4.74 Å². The summed E-state index contributed by atoms with van der Waals surface area (Å²) in [5.41, 5.74) is 2.72. The van der Waals surface area contributed by atoms with Crippen molar-refractivity contribution in [1.29, 1.82) is 0 Å². The maximum Gasteiger partial charge on any atom is 0.408 e. The average Bonchev–Trinajstić information content (AvgIpc) is 3.04. The zero-order valence-corrected chi connectivity index (χ0v) is 15.3. The van der Waals surface area contributed by atoms with Crippen LogP contribution in [0.3, 0.4) is 0 Å². The SMILES string of the molecule is CC1OC(=O)NC1c1cc(C#Cc2cncc(F)c2)cnc1-c1cccc(F)c1. The number of aromatic nitrogens is 2. The number of carbonyl (C=O) groups is 1. The number of alkyl carbamates (subject to hydrolysis) is 1. The molecule has 3 heterocycles. The van der Waals surface area contributed by atoms with E-state index < -0.39 is 29.9 Å². The smallest absolute Gasteiger partial charge is 0.408 e. The van der Waals surface area contributed by atoms with Crippen LogP contribution in [0.5, 0.6) is 0 Å². The minimum atomic E-state index is -0.532. The van der Waals surface area contributed by atoms with Gasteiger partial charge in [-0.1, -0.05) is 24.0 Å². The molecule has 1 aromatic carbocycles. The summed E-state index contributed by atoms with van der Waals surface area (Å²) in [4.78, 5) is 19.9.